The highest BCUT2D eigenvalue weighted by Gasteiger charge is 2.28. The van der Waals surface area contributed by atoms with Crippen molar-refractivity contribution in [3.63, 3.8) is 0 Å². The zero-order valence-electron chi connectivity index (χ0n) is 11.9. The van der Waals surface area contributed by atoms with Crippen LogP contribution in [-0.4, -0.2) is 24.0 Å². The van der Waals surface area contributed by atoms with Gasteiger partial charge in [0.25, 0.3) is 0 Å². The number of hydrogen-bond acceptors (Lipinski definition) is 3. The Balaban J connectivity index is 2.17. The summed E-state index contributed by atoms with van der Waals surface area (Å²) in [6, 6.07) is 4.69. The normalized spacial score (nSPS) is 24.9. The van der Waals surface area contributed by atoms with Crippen molar-refractivity contribution in [2.75, 3.05) is 13.1 Å². The first kappa shape index (κ1) is 15.3. The van der Waals surface area contributed by atoms with E-state index in [-0.39, 0.29) is 6.04 Å². The molecule has 1 fully saturated rings. The molecule has 0 amide bonds. The topological polar surface area (TPSA) is 29.3 Å². The van der Waals surface area contributed by atoms with Gasteiger partial charge in [-0.1, -0.05) is 25.4 Å². The van der Waals surface area contributed by atoms with Crippen LogP contribution in [0.15, 0.2) is 12.1 Å². The first-order valence-corrected chi connectivity index (χ1v) is 8.56. The Morgan fingerprint density at radius 2 is 2.21 bits per heavy atom. The molecule has 1 aliphatic heterocycles. The van der Waals surface area contributed by atoms with E-state index in [9.17, 15) is 0 Å². The molecule has 2 nitrogen and oxygen atoms in total. The van der Waals surface area contributed by atoms with Crippen molar-refractivity contribution in [1.82, 2.24) is 4.90 Å². The lowest BCUT2D eigenvalue weighted by molar-refractivity contribution is 0.176. The lowest BCUT2D eigenvalue weighted by Gasteiger charge is -2.34. The maximum atomic E-state index is 6.40. The Morgan fingerprint density at radius 1 is 1.42 bits per heavy atom. The van der Waals surface area contributed by atoms with E-state index in [1.165, 1.54) is 24.1 Å². The van der Waals surface area contributed by atoms with Crippen molar-refractivity contribution in [1.29, 1.82) is 0 Å². The Kier molecular flexibility index (Phi) is 5.70. The van der Waals surface area contributed by atoms with Gasteiger partial charge < -0.3 is 5.73 Å². The number of halogens is 1. The molecule has 3 atom stereocenters. The van der Waals surface area contributed by atoms with E-state index >= 15 is 0 Å². The van der Waals surface area contributed by atoms with Gasteiger partial charge in [-0.15, -0.1) is 11.3 Å². The molecule has 0 aliphatic carbocycles. The molecule has 108 valence electrons. The first-order chi connectivity index (χ1) is 9.11. The molecule has 2 N–H and O–H groups in total. The Labute approximate surface area is 125 Å². The number of likely N-dealkylation sites (tertiary alicyclic amines) is 1. The van der Waals surface area contributed by atoms with Crippen molar-refractivity contribution in [3.05, 3.63) is 21.3 Å². The standard InChI is InChI=1S/C15H25ClN2S/c1-3-12(17)15(13-6-7-14(16)19-13)18-9-4-5-11(2)8-10-18/h6-7,11-12,15H,3-5,8-10,17H2,1-2H3. The minimum Gasteiger partial charge on any atom is -0.326 e. The molecule has 0 radical (unpaired) electrons. The quantitative estimate of drug-likeness (QED) is 0.898. The molecule has 1 saturated heterocycles. The van der Waals surface area contributed by atoms with Gasteiger partial charge in [-0.2, -0.15) is 0 Å². The minimum atomic E-state index is 0.197. The molecule has 1 aromatic heterocycles. The molecular formula is C15H25ClN2S. The van der Waals surface area contributed by atoms with Crippen molar-refractivity contribution in [3.8, 4) is 0 Å². The maximum Gasteiger partial charge on any atom is 0.0931 e. The summed E-state index contributed by atoms with van der Waals surface area (Å²) < 4.78 is 0.867. The zero-order valence-corrected chi connectivity index (χ0v) is 13.5. The average Bonchev–Trinajstić information content (AvgIpc) is 2.69. The van der Waals surface area contributed by atoms with Gasteiger partial charge in [0.15, 0.2) is 0 Å². The first-order valence-electron chi connectivity index (χ1n) is 7.36. The van der Waals surface area contributed by atoms with Gasteiger partial charge in [0.05, 0.1) is 10.4 Å². The van der Waals surface area contributed by atoms with Gasteiger partial charge in [-0.25, -0.2) is 0 Å². The van der Waals surface area contributed by atoms with Gasteiger partial charge in [-0.3, -0.25) is 4.90 Å². The fourth-order valence-electron chi connectivity index (χ4n) is 2.94. The van der Waals surface area contributed by atoms with Crippen LogP contribution >= 0.6 is 22.9 Å². The van der Waals surface area contributed by atoms with Crippen LogP contribution in [0.5, 0.6) is 0 Å². The second-order valence-electron chi connectivity index (χ2n) is 5.73. The summed E-state index contributed by atoms with van der Waals surface area (Å²) in [5, 5.41) is 0. The maximum absolute atomic E-state index is 6.40. The molecule has 0 aromatic carbocycles. The predicted molar refractivity (Wildman–Crippen MR) is 84.9 cm³/mol. The van der Waals surface area contributed by atoms with Crippen LogP contribution in [0.1, 0.15) is 50.4 Å². The van der Waals surface area contributed by atoms with E-state index in [0.29, 0.717) is 6.04 Å². The number of nitrogens with two attached hydrogens (primary N) is 1. The van der Waals surface area contributed by atoms with Crippen LogP contribution < -0.4 is 5.73 Å². The fraction of sp³-hybridized carbons (Fsp3) is 0.733. The average molecular weight is 301 g/mol. The molecule has 3 unspecified atom stereocenters. The van der Waals surface area contributed by atoms with Gasteiger partial charge >= 0.3 is 0 Å². The monoisotopic (exact) mass is 300 g/mol. The summed E-state index contributed by atoms with van der Waals surface area (Å²) in [6.07, 6.45) is 4.92. The molecule has 2 heterocycles. The van der Waals surface area contributed by atoms with Gasteiger partial charge in [0.1, 0.15) is 0 Å². The largest absolute Gasteiger partial charge is 0.326 e. The third-order valence-corrected chi connectivity index (χ3v) is 5.51. The summed E-state index contributed by atoms with van der Waals surface area (Å²) in [4.78, 5) is 3.91. The van der Waals surface area contributed by atoms with Crippen LogP contribution in [0.4, 0.5) is 0 Å². The summed E-state index contributed by atoms with van der Waals surface area (Å²) in [5.74, 6) is 0.843. The van der Waals surface area contributed by atoms with Crippen molar-refractivity contribution in [2.45, 2.75) is 51.6 Å². The second kappa shape index (κ2) is 7.07. The highest BCUT2D eigenvalue weighted by atomic mass is 35.5. The van der Waals surface area contributed by atoms with E-state index in [0.717, 1.165) is 29.8 Å². The molecule has 1 aromatic rings. The van der Waals surface area contributed by atoms with E-state index in [2.05, 4.69) is 24.8 Å². The third-order valence-electron chi connectivity index (χ3n) is 4.21. The van der Waals surface area contributed by atoms with E-state index < -0.39 is 0 Å². The minimum absolute atomic E-state index is 0.197. The smallest absolute Gasteiger partial charge is 0.0931 e. The number of rotatable bonds is 4. The lowest BCUT2D eigenvalue weighted by atomic mass is 10.0. The Bertz CT molecular complexity index is 393. The van der Waals surface area contributed by atoms with Crippen LogP contribution in [0, 0.1) is 5.92 Å². The number of thiophene rings is 1. The summed E-state index contributed by atoms with van der Waals surface area (Å²) in [5.41, 5.74) is 6.40. The van der Waals surface area contributed by atoms with Gasteiger partial charge in [-0.05, 0) is 56.8 Å². The summed E-state index contributed by atoms with van der Waals surface area (Å²) in [7, 11) is 0. The van der Waals surface area contributed by atoms with Crippen LogP contribution in [0.25, 0.3) is 0 Å². The molecule has 0 bridgehead atoms. The summed E-state index contributed by atoms with van der Waals surface area (Å²) in [6.45, 7) is 6.86. The second-order valence-corrected chi connectivity index (χ2v) is 7.48. The van der Waals surface area contributed by atoms with Gasteiger partial charge in [0, 0.05) is 10.9 Å². The SMILES string of the molecule is CCC(N)C(c1ccc(Cl)s1)N1CCCC(C)CC1. The molecule has 1 aliphatic rings. The number of hydrogen-bond donors (Lipinski definition) is 1. The molecular weight excluding hydrogens is 276 g/mol. The molecule has 0 saturated carbocycles. The van der Waals surface area contributed by atoms with Crippen LogP contribution in [0.3, 0.4) is 0 Å². The summed E-state index contributed by atoms with van der Waals surface area (Å²) >= 11 is 7.79. The highest BCUT2D eigenvalue weighted by molar-refractivity contribution is 7.16. The van der Waals surface area contributed by atoms with E-state index in [4.69, 9.17) is 17.3 Å². The van der Waals surface area contributed by atoms with E-state index in [1.807, 2.05) is 6.07 Å². The molecule has 0 spiro atoms. The highest BCUT2D eigenvalue weighted by Crippen LogP contribution is 2.34. The van der Waals surface area contributed by atoms with Gasteiger partial charge in [0.2, 0.25) is 0 Å². The van der Waals surface area contributed by atoms with Crippen molar-refractivity contribution >= 4 is 22.9 Å². The molecule has 2 rings (SSSR count). The third kappa shape index (κ3) is 3.94. The van der Waals surface area contributed by atoms with Crippen molar-refractivity contribution in [2.24, 2.45) is 11.7 Å². The molecule has 4 heteroatoms. The Hall–Kier alpha value is -0.0900. The predicted octanol–water partition coefficient (Wildman–Crippen LogP) is 4.30. The lowest BCUT2D eigenvalue weighted by Crippen LogP contribution is -2.41. The van der Waals surface area contributed by atoms with Crippen LogP contribution in [0.2, 0.25) is 4.34 Å². The molecule has 19 heavy (non-hydrogen) atoms. The van der Waals surface area contributed by atoms with Crippen molar-refractivity contribution < 1.29 is 0 Å². The Morgan fingerprint density at radius 3 is 2.84 bits per heavy atom. The zero-order chi connectivity index (χ0) is 13.8. The number of nitrogens with zero attached hydrogens (tertiary/aromatic N) is 1. The fourth-order valence-corrected chi connectivity index (χ4v) is 4.21. The van der Waals surface area contributed by atoms with E-state index in [1.54, 1.807) is 11.3 Å². The van der Waals surface area contributed by atoms with Crippen LogP contribution in [-0.2, 0) is 0 Å².